The zero-order chi connectivity index (χ0) is 20.1. The Balaban J connectivity index is 1.57. The van der Waals surface area contributed by atoms with Gasteiger partial charge in [-0.3, -0.25) is 4.68 Å². The number of amides is 2. The number of aliphatic hydroxyl groups excluding tert-OH is 1. The molecule has 3 heterocycles. The Bertz CT molecular complexity index is 928. The zero-order valence-electron chi connectivity index (χ0n) is 15.4. The highest BCUT2D eigenvalue weighted by Gasteiger charge is 2.43. The quantitative estimate of drug-likeness (QED) is 0.781. The van der Waals surface area contributed by atoms with E-state index in [0.717, 1.165) is 0 Å². The molecule has 0 bridgehead atoms. The Morgan fingerprint density at radius 3 is 2.93 bits per heavy atom. The maximum absolute atomic E-state index is 14.7. The molecule has 2 N–H and O–H groups in total. The van der Waals surface area contributed by atoms with Gasteiger partial charge in [-0.25, -0.2) is 9.18 Å². The van der Waals surface area contributed by atoms with E-state index in [4.69, 9.17) is 0 Å². The number of nitrogens with zero attached hydrogens (tertiary/aromatic N) is 3. The molecular weight excluding hydrogens is 373 g/mol. The van der Waals surface area contributed by atoms with Crippen LogP contribution in [0.1, 0.15) is 35.4 Å². The number of halogens is 3. The van der Waals surface area contributed by atoms with Gasteiger partial charge in [0.05, 0.1) is 24.9 Å². The summed E-state index contributed by atoms with van der Waals surface area (Å²) in [6.45, 7) is 1.97. The van der Waals surface area contributed by atoms with E-state index >= 15 is 0 Å². The normalized spacial score (nSPS) is 20.9. The van der Waals surface area contributed by atoms with Crippen molar-refractivity contribution in [2.24, 2.45) is 0 Å². The topological polar surface area (TPSA) is 70.4 Å². The monoisotopic (exact) mass is 394 g/mol. The van der Waals surface area contributed by atoms with Crippen LogP contribution in [-0.2, 0) is 25.4 Å². The fourth-order valence-electron chi connectivity index (χ4n) is 3.82. The first kappa shape index (κ1) is 18.8. The Kier molecular flexibility index (Phi) is 4.57. The smallest absolute Gasteiger partial charge is 0.322 e. The van der Waals surface area contributed by atoms with E-state index in [1.165, 1.54) is 27.8 Å². The number of carbonyl (C=O) groups is 1. The van der Waals surface area contributed by atoms with E-state index in [1.54, 1.807) is 6.92 Å². The minimum Gasteiger partial charge on any atom is -0.391 e. The molecule has 2 aromatic rings. The van der Waals surface area contributed by atoms with Crippen LogP contribution < -0.4 is 5.32 Å². The third-order valence-corrected chi connectivity index (χ3v) is 5.32. The lowest BCUT2D eigenvalue weighted by Crippen LogP contribution is -2.39. The summed E-state index contributed by atoms with van der Waals surface area (Å²) in [5.41, 5.74) is 1.55. The van der Waals surface area contributed by atoms with Crippen LogP contribution in [0.3, 0.4) is 0 Å². The first-order valence-corrected chi connectivity index (χ1v) is 9.21. The number of fused-ring (bicyclic) bond motifs is 3. The van der Waals surface area contributed by atoms with E-state index in [9.17, 15) is 23.1 Å². The lowest BCUT2D eigenvalue weighted by Gasteiger charge is -2.28. The molecule has 0 radical (unpaired) electrons. The highest BCUT2D eigenvalue weighted by atomic mass is 19.3. The predicted octanol–water partition coefficient (Wildman–Crippen LogP) is 3.17. The molecule has 9 heteroatoms. The van der Waals surface area contributed by atoms with Gasteiger partial charge in [0.25, 0.3) is 5.92 Å². The van der Waals surface area contributed by atoms with Crippen LogP contribution in [0.25, 0.3) is 0 Å². The van der Waals surface area contributed by atoms with Crippen molar-refractivity contribution in [2.45, 2.75) is 51.3 Å². The summed E-state index contributed by atoms with van der Waals surface area (Å²) in [6.07, 6.45) is -0.959. The molecular formula is C19H21F3N4O2. The number of rotatable bonds is 1. The maximum atomic E-state index is 14.7. The molecule has 2 aliphatic heterocycles. The van der Waals surface area contributed by atoms with Gasteiger partial charge in [0.15, 0.2) is 0 Å². The SMILES string of the molecule is Cc1cc(NC(=O)N2CCc3nn4c(c3C2)C(F)(F)CC[C@H](O)C4)ccc1F. The molecule has 2 amide bonds. The summed E-state index contributed by atoms with van der Waals surface area (Å²) in [5.74, 6) is -3.47. The van der Waals surface area contributed by atoms with Gasteiger partial charge in [0, 0.05) is 30.6 Å². The van der Waals surface area contributed by atoms with Crippen LogP contribution in [0.5, 0.6) is 0 Å². The van der Waals surface area contributed by atoms with Gasteiger partial charge in [-0.05, 0) is 37.1 Å². The molecule has 2 aliphatic rings. The number of anilines is 1. The summed E-state index contributed by atoms with van der Waals surface area (Å²) in [4.78, 5) is 14.1. The van der Waals surface area contributed by atoms with Crippen molar-refractivity contribution in [3.05, 3.63) is 46.5 Å². The molecule has 1 aromatic heterocycles. The predicted molar refractivity (Wildman–Crippen MR) is 95.6 cm³/mol. The number of aryl methyl sites for hydroxylation is 1. The number of benzene rings is 1. The second kappa shape index (κ2) is 6.80. The molecule has 1 aromatic carbocycles. The first-order valence-electron chi connectivity index (χ1n) is 9.21. The van der Waals surface area contributed by atoms with Crippen molar-refractivity contribution >= 4 is 11.7 Å². The Hall–Kier alpha value is -2.55. The van der Waals surface area contributed by atoms with E-state index in [1.807, 2.05) is 0 Å². The average Bonchev–Trinajstić information content (AvgIpc) is 2.95. The Morgan fingerprint density at radius 2 is 2.18 bits per heavy atom. The molecule has 0 saturated heterocycles. The number of nitrogens with one attached hydrogen (secondary N) is 1. The fourth-order valence-corrected chi connectivity index (χ4v) is 3.82. The van der Waals surface area contributed by atoms with E-state index < -0.39 is 24.5 Å². The maximum Gasteiger partial charge on any atom is 0.322 e. The second-order valence-corrected chi connectivity index (χ2v) is 7.42. The molecule has 0 aliphatic carbocycles. The van der Waals surface area contributed by atoms with Crippen molar-refractivity contribution in [3.63, 3.8) is 0 Å². The van der Waals surface area contributed by atoms with E-state index in [0.29, 0.717) is 35.5 Å². The van der Waals surface area contributed by atoms with E-state index in [-0.39, 0.29) is 31.0 Å². The molecule has 6 nitrogen and oxygen atoms in total. The summed E-state index contributed by atoms with van der Waals surface area (Å²) < 4.78 is 44.0. The van der Waals surface area contributed by atoms with Crippen molar-refractivity contribution in [1.29, 1.82) is 0 Å². The Labute approximate surface area is 159 Å². The highest BCUT2D eigenvalue weighted by Crippen LogP contribution is 2.40. The van der Waals surface area contributed by atoms with Crippen LogP contribution in [0, 0.1) is 12.7 Å². The number of carbonyl (C=O) groups excluding carboxylic acids is 1. The minimum absolute atomic E-state index is 0.000742. The van der Waals surface area contributed by atoms with Crippen LogP contribution in [0.15, 0.2) is 18.2 Å². The number of aromatic nitrogens is 2. The highest BCUT2D eigenvalue weighted by molar-refractivity contribution is 5.89. The molecule has 0 unspecified atom stereocenters. The molecule has 150 valence electrons. The van der Waals surface area contributed by atoms with Crippen LogP contribution in [0.4, 0.5) is 23.7 Å². The number of urea groups is 1. The summed E-state index contributed by atoms with van der Waals surface area (Å²) in [6, 6.07) is 3.80. The molecule has 0 fully saturated rings. The van der Waals surface area contributed by atoms with Crippen LogP contribution >= 0.6 is 0 Å². The lowest BCUT2D eigenvalue weighted by atomic mass is 10.00. The molecule has 4 rings (SSSR count). The van der Waals surface area contributed by atoms with Gasteiger partial charge in [0.2, 0.25) is 0 Å². The van der Waals surface area contributed by atoms with Gasteiger partial charge in [-0.1, -0.05) is 0 Å². The fraction of sp³-hybridized carbons (Fsp3) is 0.474. The lowest BCUT2D eigenvalue weighted by molar-refractivity contribution is -0.0248. The standard InChI is InChI=1S/C19H21F3N4O2/c1-11-8-12(2-3-15(11)20)23-18(28)25-7-5-16-14(10-25)17-19(21,22)6-4-13(27)9-26(17)24-16/h2-3,8,13,27H,4-7,9-10H2,1H3,(H,23,28)/t13-/m0/s1. The van der Waals surface area contributed by atoms with Crippen LogP contribution in [-0.4, -0.2) is 38.5 Å². The van der Waals surface area contributed by atoms with Crippen molar-refractivity contribution in [2.75, 3.05) is 11.9 Å². The van der Waals surface area contributed by atoms with Crippen molar-refractivity contribution < 1.29 is 23.1 Å². The molecule has 0 spiro atoms. The largest absolute Gasteiger partial charge is 0.391 e. The van der Waals surface area contributed by atoms with Crippen molar-refractivity contribution in [3.8, 4) is 0 Å². The first-order chi connectivity index (χ1) is 13.2. The van der Waals surface area contributed by atoms with Crippen molar-refractivity contribution in [1.82, 2.24) is 14.7 Å². The summed E-state index contributed by atoms with van der Waals surface area (Å²) in [5, 5.41) is 16.8. The third kappa shape index (κ3) is 3.34. The van der Waals surface area contributed by atoms with Gasteiger partial charge in [0.1, 0.15) is 11.5 Å². The summed E-state index contributed by atoms with van der Waals surface area (Å²) in [7, 11) is 0. The Morgan fingerprint density at radius 1 is 1.39 bits per heavy atom. The number of aliphatic hydroxyl groups is 1. The second-order valence-electron chi connectivity index (χ2n) is 7.42. The van der Waals surface area contributed by atoms with Gasteiger partial charge in [-0.15, -0.1) is 0 Å². The number of alkyl halides is 2. The summed E-state index contributed by atoms with van der Waals surface area (Å²) >= 11 is 0. The zero-order valence-corrected chi connectivity index (χ0v) is 15.4. The minimum atomic E-state index is -3.11. The van der Waals surface area contributed by atoms with Gasteiger partial charge < -0.3 is 15.3 Å². The van der Waals surface area contributed by atoms with Gasteiger partial charge in [-0.2, -0.15) is 13.9 Å². The van der Waals surface area contributed by atoms with E-state index in [2.05, 4.69) is 10.4 Å². The average molecular weight is 394 g/mol. The molecule has 28 heavy (non-hydrogen) atoms. The molecule has 1 atom stereocenters. The van der Waals surface area contributed by atoms with Gasteiger partial charge >= 0.3 is 6.03 Å². The number of hydrogen-bond acceptors (Lipinski definition) is 3. The number of hydrogen-bond donors (Lipinski definition) is 2. The van der Waals surface area contributed by atoms with Crippen LogP contribution in [0.2, 0.25) is 0 Å². The molecule has 0 saturated carbocycles. The third-order valence-electron chi connectivity index (χ3n) is 5.32.